The monoisotopic (exact) mass is 276 g/mol. The zero-order chi connectivity index (χ0) is 14.2. The molecule has 0 aromatic carbocycles. The van der Waals surface area contributed by atoms with Gasteiger partial charge >= 0.3 is 0 Å². The normalized spacial score (nSPS) is 31.9. The van der Waals surface area contributed by atoms with Gasteiger partial charge in [-0.2, -0.15) is 5.10 Å². The van der Waals surface area contributed by atoms with Gasteiger partial charge in [0.25, 0.3) is 0 Å². The zero-order valence-electron chi connectivity index (χ0n) is 13.0. The van der Waals surface area contributed by atoms with Crippen LogP contribution in [0.2, 0.25) is 0 Å². The Morgan fingerprint density at radius 1 is 1.35 bits per heavy atom. The number of aromatic nitrogens is 2. The van der Waals surface area contributed by atoms with Crippen LogP contribution in [-0.2, 0) is 6.54 Å². The minimum Gasteiger partial charge on any atom is -0.308 e. The average Bonchev–Trinajstić information content (AvgIpc) is 3.15. The molecule has 2 aliphatic rings. The Hall–Kier alpha value is -0.870. The topological polar surface area (TPSA) is 33.1 Å². The lowest BCUT2D eigenvalue weighted by molar-refractivity contribution is 0.0490. The van der Waals surface area contributed by atoms with Crippen molar-refractivity contribution in [2.45, 2.75) is 51.7 Å². The maximum absolute atomic E-state index is 4.33. The molecule has 2 heterocycles. The van der Waals surface area contributed by atoms with E-state index in [-0.39, 0.29) is 0 Å². The quantitative estimate of drug-likeness (QED) is 0.893. The van der Waals surface area contributed by atoms with Crippen molar-refractivity contribution in [3.8, 4) is 0 Å². The Balaban J connectivity index is 1.65. The van der Waals surface area contributed by atoms with Gasteiger partial charge in [0.1, 0.15) is 0 Å². The summed E-state index contributed by atoms with van der Waals surface area (Å²) in [6.45, 7) is 11.5. The van der Waals surface area contributed by atoms with E-state index in [4.69, 9.17) is 0 Å². The first-order valence-electron chi connectivity index (χ1n) is 8.05. The van der Waals surface area contributed by atoms with Crippen LogP contribution < -0.4 is 5.32 Å². The van der Waals surface area contributed by atoms with E-state index in [1.165, 1.54) is 19.4 Å². The first-order chi connectivity index (χ1) is 9.58. The summed E-state index contributed by atoms with van der Waals surface area (Å²) < 4.78 is 2.05. The van der Waals surface area contributed by atoms with E-state index in [1.807, 2.05) is 16.9 Å². The third-order valence-corrected chi connectivity index (χ3v) is 5.14. The largest absolute Gasteiger partial charge is 0.308 e. The number of piperazine rings is 1. The van der Waals surface area contributed by atoms with Crippen LogP contribution in [0.25, 0.3) is 0 Å². The molecule has 20 heavy (non-hydrogen) atoms. The molecule has 0 amide bonds. The molecular weight excluding hydrogens is 248 g/mol. The molecular formula is C16H28N4. The van der Waals surface area contributed by atoms with Crippen LogP contribution in [0.15, 0.2) is 18.5 Å². The van der Waals surface area contributed by atoms with E-state index in [0.29, 0.717) is 17.5 Å². The SMILES string of the molecule is CC(C)C1CNC(C)(C2CC2)CN1CCn1cccn1. The van der Waals surface area contributed by atoms with Crippen molar-refractivity contribution in [2.24, 2.45) is 11.8 Å². The first kappa shape index (κ1) is 14.1. The van der Waals surface area contributed by atoms with E-state index in [9.17, 15) is 0 Å². The molecule has 1 aliphatic heterocycles. The minimum absolute atomic E-state index is 0.329. The molecule has 1 N–H and O–H groups in total. The summed E-state index contributed by atoms with van der Waals surface area (Å²) in [4.78, 5) is 2.70. The molecule has 1 aromatic rings. The van der Waals surface area contributed by atoms with Crippen molar-refractivity contribution in [1.29, 1.82) is 0 Å². The van der Waals surface area contributed by atoms with Crippen molar-refractivity contribution < 1.29 is 0 Å². The molecule has 3 rings (SSSR count). The zero-order valence-corrected chi connectivity index (χ0v) is 13.0. The predicted molar refractivity (Wildman–Crippen MR) is 81.6 cm³/mol. The molecule has 4 nitrogen and oxygen atoms in total. The Bertz CT molecular complexity index is 424. The highest BCUT2D eigenvalue weighted by Crippen LogP contribution is 2.41. The van der Waals surface area contributed by atoms with Gasteiger partial charge in [-0.3, -0.25) is 9.58 Å². The van der Waals surface area contributed by atoms with Crippen LogP contribution in [0.1, 0.15) is 33.6 Å². The lowest BCUT2D eigenvalue weighted by Gasteiger charge is -2.48. The fourth-order valence-corrected chi connectivity index (χ4v) is 3.62. The summed E-state index contributed by atoms with van der Waals surface area (Å²) in [6, 6.07) is 2.66. The molecule has 4 heteroatoms. The Morgan fingerprint density at radius 2 is 2.15 bits per heavy atom. The van der Waals surface area contributed by atoms with Crippen molar-refractivity contribution in [1.82, 2.24) is 20.0 Å². The molecule has 0 spiro atoms. The lowest BCUT2D eigenvalue weighted by atomic mass is 9.88. The fraction of sp³-hybridized carbons (Fsp3) is 0.812. The molecule has 2 unspecified atom stereocenters. The van der Waals surface area contributed by atoms with Crippen LogP contribution in [0.5, 0.6) is 0 Å². The van der Waals surface area contributed by atoms with E-state index < -0.39 is 0 Å². The van der Waals surface area contributed by atoms with Gasteiger partial charge in [-0.25, -0.2) is 0 Å². The van der Waals surface area contributed by atoms with Crippen LogP contribution >= 0.6 is 0 Å². The van der Waals surface area contributed by atoms with Crippen molar-refractivity contribution in [3.05, 3.63) is 18.5 Å². The standard InChI is InChI=1S/C16H28N4/c1-13(2)15-11-17-16(3,14-5-6-14)12-19(15)9-10-20-8-4-7-18-20/h4,7-8,13-15,17H,5-6,9-12H2,1-3H3. The van der Waals surface area contributed by atoms with Gasteiger partial charge < -0.3 is 5.32 Å². The number of nitrogens with one attached hydrogen (secondary N) is 1. The highest BCUT2D eigenvalue weighted by Gasteiger charge is 2.46. The molecule has 112 valence electrons. The second kappa shape index (κ2) is 5.49. The van der Waals surface area contributed by atoms with Crippen LogP contribution in [0.3, 0.4) is 0 Å². The average molecular weight is 276 g/mol. The first-order valence-corrected chi connectivity index (χ1v) is 8.05. The molecule has 1 saturated heterocycles. The number of rotatable bonds is 5. The van der Waals surface area contributed by atoms with Gasteiger partial charge in [0.2, 0.25) is 0 Å². The third-order valence-electron chi connectivity index (χ3n) is 5.14. The summed E-state index contributed by atoms with van der Waals surface area (Å²) >= 11 is 0. The number of nitrogens with zero attached hydrogens (tertiary/aromatic N) is 3. The van der Waals surface area contributed by atoms with Gasteiger partial charge in [-0.1, -0.05) is 13.8 Å². The van der Waals surface area contributed by atoms with E-state index >= 15 is 0 Å². The van der Waals surface area contributed by atoms with Crippen molar-refractivity contribution >= 4 is 0 Å². The Kier molecular flexibility index (Phi) is 3.87. The van der Waals surface area contributed by atoms with Crippen LogP contribution in [0.4, 0.5) is 0 Å². The maximum atomic E-state index is 4.33. The second-order valence-corrected chi connectivity index (χ2v) is 7.12. The molecule has 1 aliphatic carbocycles. The number of hydrogen-bond acceptors (Lipinski definition) is 3. The second-order valence-electron chi connectivity index (χ2n) is 7.12. The van der Waals surface area contributed by atoms with Crippen LogP contribution in [0, 0.1) is 11.8 Å². The third kappa shape index (κ3) is 2.91. The minimum atomic E-state index is 0.329. The summed E-state index contributed by atoms with van der Waals surface area (Å²) in [5.41, 5.74) is 0.329. The van der Waals surface area contributed by atoms with Crippen LogP contribution in [-0.4, -0.2) is 45.9 Å². The summed E-state index contributed by atoms with van der Waals surface area (Å²) in [5, 5.41) is 8.18. The maximum Gasteiger partial charge on any atom is 0.0536 e. The molecule has 0 bridgehead atoms. The van der Waals surface area contributed by atoms with E-state index in [2.05, 4.69) is 42.3 Å². The Labute approximate surface area is 122 Å². The molecule has 1 saturated carbocycles. The smallest absolute Gasteiger partial charge is 0.0536 e. The van der Waals surface area contributed by atoms with E-state index in [1.54, 1.807) is 0 Å². The predicted octanol–water partition coefficient (Wildman–Crippen LogP) is 1.98. The van der Waals surface area contributed by atoms with E-state index in [0.717, 1.165) is 25.6 Å². The highest BCUT2D eigenvalue weighted by molar-refractivity contribution is 5.04. The molecule has 2 fully saturated rings. The Morgan fingerprint density at radius 3 is 2.75 bits per heavy atom. The van der Waals surface area contributed by atoms with Gasteiger partial charge in [-0.05, 0) is 37.7 Å². The summed E-state index contributed by atoms with van der Waals surface area (Å²) in [5.74, 6) is 1.59. The highest BCUT2D eigenvalue weighted by atomic mass is 15.3. The van der Waals surface area contributed by atoms with Crippen molar-refractivity contribution in [3.63, 3.8) is 0 Å². The lowest BCUT2D eigenvalue weighted by Crippen LogP contribution is -2.65. The summed E-state index contributed by atoms with van der Waals surface area (Å²) in [7, 11) is 0. The van der Waals surface area contributed by atoms with Gasteiger partial charge in [0, 0.05) is 43.6 Å². The summed E-state index contributed by atoms with van der Waals surface area (Å²) in [6.07, 6.45) is 6.74. The molecule has 2 atom stereocenters. The molecule has 0 radical (unpaired) electrons. The van der Waals surface area contributed by atoms with Gasteiger partial charge in [0.05, 0.1) is 6.54 Å². The molecule has 1 aromatic heterocycles. The van der Waals surface area contributed by atoms with Gasteiger partial charge in [-0.15, -0.1) is 0 Å². The van der Waals surface area contributed by atoms with Gasteiger partial charge in [0.15, 0.2) is 0 Å². The number of hydrogen-bond donors (Lipinski definition) is 1. The fourth-order valence-electron chi connectivity index (χ4n) is 3.62. The van der Waals surface area contributed by atoms with Crippen molar-refractivity contribution in [2.75, 3.05) is 19.6 Å².